The fourth-order valence-electron chi connectivity index (χ4n) is 9.03. The van der Waals surface area contributed by atoms with E-state index >= 15 is 0 Å². The fourth-order valence-corrected chi connectivity index (χ4v) is 9.71. The maximum absolute atomic E-state index is 10.9. The topological polar surface area (TPSA) is 133 Å². The summed E-state index contributed by atoms with van der Waals surface area (Å²) in [5.74, 6) is 0.0379. The van der Waals surface area contributed by atoms with Crippen molar-refractivity contribution in [3.63, 3.8) is 0 Å². The van der Waals surface area contributed by atoms with Crippen molar-refractivity contribution in [2.75, 3.05) is 13.2 Å². The van der Waals surface area contributed by atoms with Gasteiger partial charge in [-0.2, -0.15) is 0 Å². The molecule has 0 radical (unpaired) electrons. The van der Waals surface area contributed by atoms with Gasteiger partial charge in [-0.3, -0.25) is 8.37 Å². The molecule has 0 heterocycles. The van der Waals surface area contributed by atoms with Crippen LogP contribution in [0.15, 0.2) is 24.3 Å². The van der Waals surface area contributed by atoms with Crippen molar-refractivity contribution in [2.24, 2.45) is 11.8 Å². The van der Waals surface area contributed by atoms with Crippen LogP contribution in [0.1, 0.15) is 323 Å². The molecule has 0 aliphatic rings. The van der Waals surface area contributed by atoms with E-state index in [4.69, 9.17) is 0 Å². The van der Waals surface area contributed by atoms with Gasteiger partial charge in [0.25, 0.3) is 0 Å². The summed E-state index contributed by atoms with van der Waals surface area (Å²) in [6, 6.07) is 0. The van der Waals surface area contributed by atoms with Gasteiger partial charge in [0.05, 0.1) is 13.2 Å². The molecule has 0 bridgehead atoms. The van der Waals surface area contributed by atoms with Crippen LogP contribution in [0.3, 0.4) is 0 Å². The van der Waals surface area contributed by atoms with E-state index in [1.807, 2.05) is 0 Å². The molecule has 0 aliphatic carbocycles. The van der Waals surface area contributed by atoms with Crippen LogP contribution < -0.4 is 0 Å². The first-order chi connectivity index (χ1) is 33.0. The van der Waals surface area contributed by atoms with Crippen LogP contribution in [0.5, 0.6) is 0 Å². The van der Waals surface area contributed by atoms with Crippen molar-refractivity contribution in [1.82, 2.24) is 0 Å². The van der Waals surface area contributed by atoms with Gasteiger partial charge in [0.2, 0.25) is 20.8 Å². The second-order valence-corrected chi connectivity index (χ2v) is 22.5. The summed E-state index contributed by atoms with van der Waals surface area (Å²) in [7, 11) is -9.23. The van der Waals surface area contributed by atoms with E-state index in [2.05, 4.69) is 60.4 Å². The van der Waals surface area contributed by atoms with E-state index in [0.717, 1.165) is 38.5 Å². The summed E-state index contributed by atoms with van der Waals surface area (Å²) in [6.45, 7) is 8.99. The molecule has 0 aliphatic heterocycles. The molecule has 0 amide bonds. The largest absolute Gasteiger partial charge is 2.00 e. The molecule has 2 unspecified atom stereocenters. The second-order valence-electron chi connectivity index (χ2n) is 20.4. The minimum atomic E-state index is -4.61. The van der Waals surface area contributed by atoms with Crippen molar-refractivity contribution in [2.45, 2.75) is 323 Å². The fraction of sp³-hybridized carbons (Fsp3) is 0.931. The third-order valence-electron chi connectivity index (χ3n) is 13.5. The predicted molar refractivity (Wildman–Crippen MR) is 297 cm³/mol. The summed E-state index contributed by atoms with van der Waals surface area (Å²) in [4.78, 5) is 0. The van der Waals surface area contributed by atoms with Crippen LogP contribution >= 0.6 is 0 Å². The Morgan fingerprint density at radius 2 is 0.507 bits per heavy atom. The van der Waals surface area contributed by atoms with Crippen molar-refractivity contribution >= 4 is 58.5 Å². The minimum Gasteiger partial charge on any atom is -0.726 e. The first kappa shape index (κ1) is 73.7. The summed E-state index contributed by atoms with van der Waals surface area (Å²) in [6.07, 6.45) is 67.4. The second kappa shape index (κ2) is 59.4. The van der Waals surface area contributed by atoms with E-state index in [1.165, 1.54) is 257 Å². The average Bonchev–Trinajstić information content (AvgIpc) is 3.30. The first-order valence-corrected chi connectivity index (χ1v) is 32.2. The van der Waals surface area contributed by atoms with Crippen molar-refractivity contribution in [1.29, 1.82) is 0 Å². The third-order valence-corrected chi connectivity index (χ3v) is 14.3. The molecule has 8 nitrogen and oxygen atoms in total. The molecular weight excluding hydrogens is 929 g/mol. The number of unbranched alkanes of at least 4 members (excludes halogenated alkanes) is 40. The summed E-state index contributed by atoms with van der Waals surface area (Å²) < 4.78 is 74.3. The monoisotopic (exact) mass is 1040 g/mol. The molecule has 0 aromatic carbocycles. The van der Waals surface area contributed by atoms with Gasteiger partial charge in [0.1, 0.15) is 0 Å². The molecule has 0 N–H and O–H groups in total. The maximum Gasteiger partial charge on any atom is 2.00 e. The Labute approximate surface area is 461 Å². The van der Waals surface area contributed by atoms with E-state index in [0.29, 0.717) is 0 Å². The smallest absolute Gasteiger partial charge is 0.726 e. The average molecular weight is 1040 g/mol. The number of rotatable bonds is 54. The molecule has 0 fully saturated rings. The van der Waals surface area contributed by atoms with Crippen LogP contribution in [0, 0.1) is 11.8 Å². The van der Waals surface area contributed by atoms with Crippen LogP contribution in [0.4, 0.5) is 0 Å². The molecule has 0 aromatic heterocycles. The molecule has 0 saturated carbocycles. The standard InChI is InChI=1S/2C29H58O4S.Ca/c2*1-3-5-7-9-11-13-15-16-17-19-21-23-25-27-29(28-33-34(30,31)32)26-24-22-20-18-14-12-10-8-6-4-2;/h2*24,26,29H,3-23,25,27-28H2,1-2H3,(H,30,31,32);/q;;+2/p-2/b2*26-24+;. The van der Waals surface area contributed by atoms with Gasteiger partial charge in [-0.05, 0) is 38.5 Å². The van der Waals surface area contributed by atoms with Crippen molar-refractivity contribution < 1.29 is 34.3 Å². The van der Waals surface area contributed by atoms with Crippen LogP contribution in [0.25, 0.3) is 0 Å². The summed E-state index contributed by atoms with van der Waals surface area (Å²) in [5, 5.41) is 0. The molecule has 2 atom stereocenters. The van der Waals surface area contributed by atoms with Gasteiger partial charge in [-0.25, -0.2) is 16.8 Å². The molecule has 69 heavy (non-hydrogen) atoms. The quantitative estimate of drug-likeness (QED) is 0.0193. The van der Waals surface area contributed by atoms with Gasteiger partial charge in [-0.15, -0.1) is 0 Å². The molecular formula is C58H114CaO8S2. The van der Waals surface area contributed by atoms with Gasteiger partial charge in [0.15, 0.2) is 0 Å². The van der Waals surface area contributed by atoms with Gasteiger partial charge in [-0.1, -0.05) is 309 Å². The Balaban J connectivity index is -0.00000124. The Bertz CT molecular complexity index is 1160. The zero-order valence-corrected chi connectivity index (χ0v) is 50.0. The zero-order valence-electron chi connectivity index (χ0n) is 46.2. The van der Waals surface area contributed by atoms with Crippen LogP contribution in [0.2, 0.25) is 0 Å². The van der Waals surface area contributed by atoms with Crippen molar-refractivity contribution in [3.8, 4) is 0 Å². The predicted octanol–water partition coefficient (Wildman–Crippen LogP) is 18.9. The zero-order chi connectivity index (χ0) is 50.3. The maximum atomic E-state index is 10.9. The Kier molecular flexibility index (Phi) is 63.4. The Hall–Kier alpha value is 0.480. The summed E-state index contributed by atoms with van der Waals surface area (Å²) in [5.41, 5.74) is 0. The SMILES string of the molecule is CCCCCCCCCC/C=C/C(CCCCCCCCCCCCCCC)COS(=O)(=O)[O-].CCCCCCCCCC/C=C/C(CCCCCCCCCCCCCCC)COS(=O)(=O)[O-].[Ca+2]. The van der Waals surface area contributed by atoms with Gasteiger partial charge >= 0.3 is 37.7 Å². The van der Waals surface area contributed by atoms with E-state index in [9.17, 15) is 25.9 Å². The normalized spacial score (nSPS) is 13.0. The molecule has 0 spiro atoms. The minimum absolute atomic E-state index is 0. The number of hydrogen-bond acceptors (Lipinski definition) is 8. The Morgan fingerprint density at radius 3 is 0.710 bits per heavy atom. The van der Waals surface area contributed by atoms with Crippen LogP contribution in [-0.2, 0) is 29.2 Å². The molecule has 0 rings (SSSR count). The van der Waals surface area contributed by atoms with Gasteiger partial charge < -0.3 is 9.11 Å². The van der Waals surface area contributed by atoms with Crippen molar-refractivity contribution in [3.05, 3.63) is 24.3 Å². The molecule has 0 aromatic rings. The summed E-state index contributed by atoms with van der Waals surface area (Å²) >= 11 is 0. The molecule has 408 valence electrons. The van der Waals surface area contributed by atoms with E-state index < -0.39 is 20.8 Å². The number of allylic oxidation sites excluding steroid dienone is 2. The van der Waals surface area contributed by atoms with Gasteiger partial charge in [0, 0.05) is 11.8 Å². The Morgan fingerprint density at radius 1 is 0.319 bits per heavy atom. The van der Waals surface area contributed by atoms with E-state index in [-0.39, 0.29) is 62.8 Å². The molecule has 0 saturated heterocycles. The molecule has 11 heteroatoms. The third kappa shape index (κ3) is 68.5. The van der Waals surface area contributed by atoms with Crippen LogP contribution in [-0.4, -0.2) is 76.9 Å². The first-order valence-electron chi connectivity index (χ1n) is 29.5. The van der Waals surface area contributed by atoms with E-state index in [1.54, 1.807) is 0 Å². The number of hydrogen-bond donors (Lipinski definition) is 0.